The van der Waals surface area contributed by atoms with Gasteiger partial charge in [0.1, 0.15) is 5.15 Å². The third-order valence-corrected chi connectivity index (χ3v) is 2.85. The minimum atomic E-state index is 0.220. The second-order valence-electron chi connectivity index (χ2n) is 3.22. The van der Waals surface area contributed by atoms with Gasteiger partial charge in [0.25, 0.3) is 0 Å². The molecule has 4 heteroatoms. The van der Waals surface area contributed by atoms with Crippen LogP contribution in [0.4, 0.5) is 0 Å². The van der Waals surface area contributed by atoms with Gasteiger partial charge in [0, 0.05) is 10.4 Å². The second-order valence-corrected chi connectivity index (χ2v) is 4.02. The molecule has 76 valence electrons. The maximum atomic E-state index is 10.8. The Bertz CT molecular complexity index is 552. The maximum Gasteiger partial charge on any atom is 0.153 e. The molecule has 0 bridgehead atoms. The first-order chi connectivity index (χ1) is 7.13. The summed E-state index contributed by atoms with van der Waals surface area (Å²) >= 11 is 11.7. The van der Waals surface area contributed by atoms with Crippen molar-refractivity contribution >= 4 is 40.4 Å². The van der Waals surface area contributed by atoms with E-state index in [2.05, 4.69) is 4.98 Å². The first-order valence-electron chi connectivity index (χ1n) is 4.34. The first-order valence-corrected chi connectivity index (χ1v) is 5.09. The van der Waals surface area contributed by atoms with Gasteiger partial charge in [-0.15, -0.1) is 0 Å². The van der Waals surface area contributed by atoms with Crippen LogP contribution >= 0.6 is 23.2 Å². The van der Waals surface area contributed by atoms with Crippen LogP contribution in [0.3, 0.4) is 0 Å². The summed E-state index contributed by atoms with van der Waals surface area (Å²) in [5.41, 5.74) is 1.97. The van der Waals surface area contributed by atoms with Crippen molar-refractivity contribution in [1.29, 1.82) is 0 Å². The van der Waals surface area contributed by atoms with E-state index in [-0.39, 0.29) is 5.15 Å². The first kappa shape index (κ1) is 10.4. The summed E-state index contributed by atoms with van der Waals surface area (Å²) in [4.78, 5) is 14.9. The Morgan fingerprint density at radius 3 is 2.73 bits per heavy atom. The zero-order valence-electron chi connectivity index (χ0n) is 7.92. The van der Waals surface area contributed by atoms with Crippen LogP contribution in [0.5, 0.6) is 0 Å². The van der Waals surface area contributed by atoms with E-state index in [0.717, 1.165) is 17.2 Å². The average molecular weight is 240 g/mol. The van der Waals surface area contributed by atoms with Crippen LogP contribution < -0.4 is 0 Å². The molecule has 0 unspecified atom stereocenters. The fourth-order valence-corrected chi connectivity index (χ4v) is 1.96. The van der Waals surface area contributed by atoms with Crippen molar-refractivity contribution in [3.05, 3.63) is 39.5 Å². The monoisotopic (exact) mass is 239 g/mol. The number of aldehydes is 1. The highest BCUT2D eigenvalue weighted by Crippen LogP contribution is 2.26. The molecule has 0 amide bonds. The molecule has 0 saturated heterocycles. The van der Waals surface area contributed by atoms with Gasteiger partial charge in [-0.3, -0.25) is 4.79 Å². The van der Waals surface area contributed by atoms with Crippen molar-refractivity contribution < 1.29 is 4.79 Å². The van der Waals surface area contributed by atoms with E-state index >= 15 is 0 Å². The molecule has 0 fully saturated rings. The number of rotatable bonds is 1. The molecule has 0 radical (unpaired) electrons. The van der Waals surface area contributed by atoms with E-state index in [9.17, 15) is 4.79 Å². The number of halogens is 2. The smallest absolute Gasteiger partial charge is 0.153 e. The number of hydrogen-bond acceptors (Lipinski definition) is 2. The van der Waals surface area contributed by atoms with Crippen LogP contribution in [0.1, 0.15) is 15.9 Å². The summed E-state index contributed by atoms with van der Waals surface area (Å²) in [6.07, 6.45) is 0.721. The van der Waals surface area contributed by atoms with E-state index in [1.54, 1.807) is 12.1 Å². The molecule has 0 aliphatic carbocycles. The summed E-state index contributed by atoms with van der Waals surface area (Å²) in [6.45, 7) is 1.84. The van der Waals surface area contributed by atoms with E-state index in [1.165, 1.54) is 0 Å². The van der Waals surface area contributed by atoms with Gasteiger partial charge in [0.15, 0.2) is 6.29 Å². The largest absolute Gasteiger partial charge is 0.298 e. The van der Waals surface area contributed by atoms with Gasteiger partial charge >= 0.3 is 0 Å². The van der Waals surface area contributed by atoms with Crippen molar-refractivity contribution in [3.63, 3.8) is 0 Å². The van der Waals surface area contributed by atoms with Gasteiger partial charge in [0.05, 0.1) is 11.1 Å². The lowest BCUT2D eigenvalue weighted by molar-refractivity contribution is 0.112. The maximum absolute atomic E-state index is 10.8. The molecule has 0 aliphatic heterocycles. The Labute approximate surface area is 96.8 Å². The minimum Gasteiger partial charge on any atom is -0.298 e. The van der Waals surface area contributed by atoms with Crippen LogP contribution in [0, 0.1) is 6.92 Å². The average Bonchev–Trinajstić information content (AvgIpc) is 2.17. The Kier molecular flexibility index (Phi) is 2.63. The third-order valence-electron chi connectivity index (χ3n) is 2.33. The quantitative estimate of drug-likeness (QED) is 0.562. The van der Waals surface area contributed by atoms with Crippen molar-refractivity contribution in [2.24, 2.45) is 0 Å². The highest BCUT2D eigenvalue weighted by Gasteiger charge is 2.09. The standard InChI is InChI=1S/C11H7Cl2NO/c1-6-8-3-2-7(12)4-10(8)14-11(13)9(6)5-15/h2-5H,1H3. The molecule has 15 heavy (non-hydrogen) atoms. The summed E-state index contributed by atoms with van der Waals surface area (Å²) in [5.74, 6) is 0. The number of aryl methyl sites for hydroxylation is 1. The number of benzene rings is 1. The molecule has 0 N–H and O–H groups in total. The fourth-order valence-electron chi connectivity index (χ4n) is 1.52. The van der Waals surface area contributed by atoms with Crippen molar-refractivity contribution in [2.75, 3.05) is 0 Å². The number of aromatic nitrogens is 1. The molecule has 1 aromatic carbocycles. The lowest BCUT2D eigenvalue weighted by Gasteiger charge is -2.06. The number of hydrogen-bond donors (Lipinski definition) is 0. The predicted octanol–water partition coefficient (Wildman–Crippen LogP) is 3.66. The normalized spacial score (nSPS) is 10.6. The molecular formula is C11H7Cl2NO. The van der Waals surface area contributed by atoms with Crippen molar-refractivity contribution in [1.82, 2.24) is 4.98 Å². The lowest BCUT2D eigenvalue weighted by atomic mass is 10.1. The van der Waals surface area contributed by atoms with Gasteiger partial charge in [-0.2, -0.15) is 0 Å². The van der Waals surface area contributed by atoms with Crippen molar-refractivity contribution in [3.8, 4) is 0 Å². The van der Waals surface area contributed by atoms with Gasteiger partial charge < -0.3 is 0 Å². The number of carbonyl (C=O) groups excluding carboxylic acids is 1. The highest BCUT2D eigenvalue weighted by molar-refractivity contribution is 6.33. The van der Waals surface area contributed by atoms with Crippen molar-refractivity contribution in [2.45, 2.75) is 6.92 Å². The van der Waals surface area contributed by atoms with Gasteiger partial charge in [0.2, 0.25) is 0 Å². The molecule has 0 saturated carbocycles. The SMILES string of the molecule is Cc1c(C=O)c(Cl)nc2cc(Cl)ccc12. The molecule has 2 rings (SSSR count). The topological polar surface area (TPSA) is 30.0 Å². The van der Waals surface area contributed by atoms with E-state index in [4.69, 9.17) is 23.2 Å². The van der Waals surface area contributed by atoms with Gasteiger partial charge in [-0.25, -0.2) is 4.98 Å². The molecule has 0 atom stereocenters. The number of pyridine rings is 1. The summed E-state index contributed by atoms with van der Waals surface area (Å²) in [7, 11) is 0. The number of nitrogens with zero attached hydrogens (tertiary/aromatic N) is 1. The zero-order valence-corrected chi connectivity index (χ0v) is 9.43. The van der Waals surface area contributed by atoms with Crippen LogP contribution in [0.2, 0.25) is 10.2 Å². The molecule has 2 aromatic rings. The van der Waals surface area contributed by atoms with Gasteiger partial charge in [-0.05, 0) is 24.6 Å². The molecule has 0 spiro atoms. The van der Waals surface area contributed by atoms with Crippen LogP contribution in [-0.2, 0) is 0 Å². The lowest BCUT2D eigenvalue weighted by Crippen LogP contribution is -1.93. The summed E-state index contributed by atoms with van der Waals surface area (Å²) in [6, 6.07) is 5.33. The summed E-state index contributed by atoms with van der Waals surface area (Å²) in [5, 5.41) is 1.72. The van der Waals surface area contributed by atoms with E-state index in [1.807, 2.05) is 13.0 Å². The summed E-state index contributed by atoms with van der Waals surface area (Å²) < 4.78 is 0. The van der Waals surface area contributed by atoms with Crippen LogP contribution in [0.15, 0.2) is 18.2 Å². The minimum absolute atomic E-state index is 0.220. The Morgan fingerprint density at radius 2 is 2.07 bits per heavy atom. The third kappa shape index (κ3) is 1.71. The Hall–Kier alpha value is -1.12. The van der Waals surface area contributed by atoms with E-state index in [0.29, 0.717) is 16.1 Å². The highest BCUT2D eigenvalue weighted by atomic mass is 35.5. The zero-order chi connectivity index (χ0) is 11.0. The molecule has 1 aromatic heterocycles. The second kappa shape index (κ2) is 3.80. The molecule has 0 aliphatic rings. The Morgan fingerprint density at radius 1 is 1.33 bits per heavy atom. The van der Waals surface area contributed by atoms with E-state index < -0.39 is 0 Å². The predicted molar refractivity (Wildman–Crippen MR) is 61.9 cm³/mol. The van der Waals surface area contributed by atoms with Crippen LogP contribution in [-0.4, -0.2) is 11.3 Å². The number of fused-ring (bicyclic) bond motifs is 1. The molecular weight excluding hydrogens is 233 g/mol. The fraction of sp³-hybridized carbons (Fsp3) is 0.0909. The van der Waals surface area contributed by atoms with Gasteiger partial charge in [-0.1, -0.05) is 29.3 Å². The van der Waals surface area contributed by atoms with Crippen LogP contribution in [0.25, 0.3) is 10.9 Å². The Balaban J connectivity index is 2.90. The molecule has 2 nitrogen and oxygen atoms in total. The number of carbonyl (C=O) groups is 1. The molecule has 1 heterocycles.